The molecule has 2 aliphatic carbocycles. The maximum absolute atomic E-state index is 4.06. The summed E-state index contributed by atoms with van der Waals surface area (Å²) in [4.78, 5) is 1.45. The molecule has 0 nitrogen and oxygen atoms in total. The van der Waals surface area contributed by atoms with Crippen molar-refractivity contribution in [1.29, 1.82) is 0 Å². The Hall–Kier alpha value is 0.473. The number of halogens is 3. The first-order chi connectivity index (χ1) is 10.0. The molecule has 0 N–H and O–H groups in total. The van der Waals surface area contributed by atoms with Crippen molar-refractivity contribution in [2.75, 3.05) is 0 Å². The van der Waals surface area contributed by atoms with Crippen LogP contribution in [0.1, 0.15) is 24.5 Å². The number of allylic oxidation sites excluding steroid dienone is 5. The Balaban J connectivity index is 0.000000960. The number of hydrogen-bond acceptors (Lipinski definition) is 1. The fraction of sp³-hybridized carbons (Fsp3) is 0.222. The van der Waals surface area contributed by atoms with Crippen molar-refractivity contribution >= 4 is 45.9 Å². The van der Waals surface area contributed by atoms with Crippen molar-refractivity contribution in [3.05, 3.63) is 54.7 Å². The second-order valence-electron chi connectivity index (χ2n) is 5.79. The maximum Gasteiger partial charge on any atom is -1.00 e. The third kappa shape index (κ3) is 3.70. The standard InChI is InChI=1S/C13H10BrS.C5H5.2ClH.Zr/c1-7-3-9-5-12-11(6-13(14)15-12)8(2)10(9)4-7;1-2-4-5-3-1;;;/h3-6H,1-2H3;1-3H,4H2;2*1H;/q;;;;+2/p-2. The van der Waals surface area contributed by atoms with Gasteiger partial charge in [0.25, 0.3) is 0 Å². The Bertz CT molecular complexity index is 870. The number of rotatable bonds is 2. The van der Waals surface area contributed by atoms with Crippen molar-refractivity contribution < 1.29 is 48.0 Å². The molecule has 0 spiro atoms. The minimum Gasteiger partial charge on any atom is -1.00 e. The van der Waals surface area contributed by atoms with Crippen LogP contribution in [0.15, 0.2) is 38.0 Å². The van der Waals surface area contributed by atoms with Crippen LogP contribution in [-0.2, 0) is 23.2 Å². The smallest absolute Gasteiger partial charge is 1.00 e. The van der Waals surface area contributed by atoms with Crippen molar-refractivity contribution in [1.82, 2.24) is 0 Å². The van der Waals surface area contributed by atoms with Crippen LogP contribution in [0.4, 0.5) is 0 Å². The molecule has 23 heavy (non-hydrogen) atoms. The van der Waals surface area contributed by atoms with Gasteiger partial charge in [-0.15, -0.1) is 0 Å². The van der Waals surface area contributed by atoms with E-state index in [0.29, 0.717) is 0 Å². The van der Waals surface area contributed by atoms with Gasteiger partial charge >= 0.3 is 150 Å². The van der Waals surface area contributed by atoms with E-state index >= 15 is 0 Å². The SMILES string of the molecule is CC1=Cc2c(C)c3c(cc2=C1)S[C](Br)([Zr+2][C]1=CC=CC1)C=3.[Cl-].[Cl-]. The molecule has 1 atom stereocenters. The zero-order chi connectivity index (χ0) is 14.6. The van der Waals surface area contributed by atoms with Crippen molar-refractivity contribution in [3.8, 4) is 0 Å². The molecular weight excluding hydrogens is 490 g/mol. The minimum atomic E-state index is -0.654. The molecule has 5 heteroatoms. The molecule has 4 rings (SSSR count). The number of fused-ring (bicyclic) bond motifs is 2. The third-order valence-corrected chi connectivity index (χ3v) is 11.2. The van der Waals surface area contributed by atoms with Crippen molar-refractivity contribution in [2.24, 2.45) is 0 Å². The first-order valence-corrected chi connectivity index (χ1v) is 11.2. The summed E-state index contributed by atoms with van der Waals surface area (Å²) in [6.07, 6.45) is 15.1. The molecule has 0 bridgehead atoms. The molecule has 0 aromatic heterocycles. The second kappa shape index (κ2) is 7.38. The Kier molecular flexibility index (Phi) is 6.35. The van der Waals surface area contributed by atoms with E-state index in [0.717, 1.165) is 0 Å². The largest absolute Gasteiger partial charge is 1.00 e. The van der Waals surface area contributed by atoms with Crippen LogP contribution >= 0.6 is 27.7 Å². The van der Waals surface area contributed by atoms with Crippen LogP contribution in [-0.4, -0.2) is 1.36 Å². The average Bonchev–Trinajstić information content (AvgIpc) is 3.09. The molecule has 1 heterocycles. The Morgan fingerprint density at radius 2 is 2.00 bits per heavy atom. The molecule has 3 aliphatic rings. The van der Waals surface area contributed by atoms with Crippen molar-refractivity contribution in [2.45, 2.75) is 26.5 Å². The van der Waals surface area contributed by atoms with Crippen LogP contribution in [0.3, 0.4) is 0 Å². The van der Waals surface area contributed by atoms with Crippen LogP contribution in [0.5, 0.6) is 0 Å². The summed E-state index contributed by atoms with van der Waals surface area (Å²) >= 11 is 5.44. The number of thioether (sulfide) groups is 1. The molecule has 0 saturated carbocycles. The van der Waals surface area contributed by atoms with Gasteiger partial charge in [0.15, 0.2) is 0 Å². The van der Waals surface area contributed by atoms with E-state index in [1.54, 1.807) is 3.28 Å². The molecule has 118 valence electrons. The van der Waals surface area contributed by atoms with Gasteiger partial charge in [0, 0.05) is 0 Å². The summed E-state index contributed by atoms with van der Waals surface area (Å²) in [6, 6.07) is 2.38. The number of alkyl halides is 1. The maximum atomic E-state index is 4.06. The van der Waals surface area contributed by atoms with E-state index in [9.17, 15) is 0 Å². The summed E-state index contributed by atoms with van der Waals surface area (Å²) in [7, 11) is 0. The van der Waals surface area contributed by atoms with Gasteiger partial charge in [0.1, 0.15) is 0 Å². The number of hydrogen-bond donors (Lipinski definition) is 0. The fourth-order valence-electron chi connectivity index (χ4n) is 3.13. The minimum absolute atomic E-state index is 0. The Labute approximate surface area is 173 Å². The summed E-state index contributed by atoms with van der Waals surface area (Å²) < 4.78 is 1.87. The summed E-state index contributed by atoms with van der Waals surface area (Å²) in [5.41, 5.74) is 4.24. The summed E-state index contributed by atoms with van der Waals surface area (Å²) in [6.45, 7) is 4.46. The van der Waals surface area contributed by atoms with E-state index in [2.05, 4.69) is 72.3 Å². The molecule has 1 aliphatic heterocycles. The molecular formula is C18H15BrCl2SZr. The number of benzene rings is 1. The first-order valence-electron chi connectivity index (χ1n) is 7.12. The first kappa shape index (κ1) is 19.8. The molecule has 0 amide bonds. The van der Waals surface area contributed by atoms with E-state index in [1.807, 2.05) is 11.8 Å². The molecule has 0 saturated heterocycles. The Morgan fingerprint density at radius 1 is 1.22 bits per heavy atom. The van der Waals surface area contributed by atoms with Crippen molar-refractivity contribution in [3.63, 3.8) is 0 Å². The Morgan fingerprint density at radius 3 is 2.70 bits per heavy atom. The van der Waals surface area contributed by atoms with Gasteiger partial charge < -0.3 is 24.8 Å². The van der Waals surface area contributed by atoms with Crippen LogP contribution < -0.4 is 35.3 Å². The normalized spacial score (nSPS) is 22.6. The molecule has 1 aromatic rings. The molecule has 1 unspecified atom stereocenters. The van der Waals surface area contributed by atoms with Gasteiger partial charge in [-0.3, -0.25) is 0 Å². The molecule has 0 radical (unpaired) electrons. The van der Waals surface area contributed by atoms with Gasteiger partial charge in [0.2, 0.25) is 0 Å². The monoisotopic (exact) mass is 502 g/mol. The molecule has 0 fully saturated rings. The zero-order valence-electron chi connectivity index (χ0n) is 12.8. The van der Waals surface area contributed by atoms with Crippen LogP contribution in [0, 0.1) is 6.92 Å². The van der Waals surface area contributed by atoms with E-state index < -0.39 is 23.2 Å². The van der Waals surface area contributed by atoms with Gasteiger partial charge in [-0.2, -0.15) is 0 Å². The predicted octanol–water partition coefficient (Wildman–Crippen LogP) is -1.94. The average molecular weight is 505 g/mol. The second-order valence-corrected chi connectivity index (χ2v) is 15.7. The predicted molar refractivity (Wildman–Crippen MR) is 92.4 cm³/mol. The molecule has 1 aromatic carbocycles. The van der Waals surface area contributed by atoms with Gasteiger partial charge in [0.05, 0.1) is 0 Å². The van der Waals surface area contributed by atoms with Crippen LogP contribution in [0.25, 0.3) is 18.2 Å². The summed E-state index contributed by atoms with van der Waals surface area (Å²) in [5, 5.41) is 2.86. The fourth-order valence-corrected chi connectivity index (χ4v) is 11.0. The van der Waals surface area contributed by atoms with Crippen LogP contribution in [0.2, 0.25) is 0 Å². The van der Waals surface area contributed by atoms with Gasteiger partial charge in [-0.05, 0) is 0 Å². The summed E-state index contributed by atoms with van der Waals surface area (Å²) in [5.74, 6) is 0. The van der Waals surface area contributed by atoms with E-state index in [1.165, 1.54) is 38.5 Å². The quantitative estimate of drug-likeness (QED) is 0.422. The zero-order valence-corrected chi connectivity index (χ0v) is 19.2. The van der Waals surface area contributed by atoms with Gasteiger partial charge in [-0.1, -0.05) is 0 Å². The van der Waals surface area contributed by atoms with E-state index in [-0.39, 0.29) is 26.2 Å². The topological polar surface area (TPSA) is 0 Å². The van der Waals surface area contributed by atoms with E-state index in [4.69, 9.17) is 0 Å². The third-order valence-electron chi connectivity index (χ3n) is 4.12. The van der Waals surface area contributed by atoms with Gasteiger partial charge in [-0.25, -0.2) is 0 Å².